The second kappa shape index (κ2) is 6.96. The zero-order chi connectivity index (χ0) is 17.9. The van der Waals surface area contributed by atoms with Crippen molar-refractivity contribution in [1.82, 2.24) is 4.98 Å². The topological polar surface area (TPSA) is 48.4 Å². The number of carbonyl (C=O) groups is 1. The predicted molar refractivity (Wildman–Crippen MR) is 94.0 cm³/mol. The minimum absolute atomic E-state index is 0.0713. The molecule has 0 bridgehead atoms. The fourth-order valence-electron chi connectivity index (χ4n) is 2.95. The third-order valence-corrected chi connectivity index (χ3v) is 4.28. The first-order chi connectivity index (χ1) is 12.7. The molecule has 4 rings (SSSR count). The lowest BCUT2D eigenvalue weighted by Crippen LogP contribution is -2.15. The third kappa shape index (κ3) is 3.28. The molecule has 3 aromatic rings. The van der Waals surface area contributed by atoms with E-state index in [9.17, 15) is 9.18 Å². The molecule has 0 radical (unpaired) electrons. The number of hydrogen-bond acceptors (Lipinski definition) is 4. The normalized spacial score (nSPS) is 14.3. The predicted octanol–water partition coefficient (Wildman–Crippen LogP) is 4.35. The van der Waals surface area contributed by atoms with E-state index in [-0.39, 0.29) is 11.6 Å². The van der Waals surface area contributed by atoms with Crippen molar-refractivity contribution >= 4 is 5.78 Å². The quantitative estimate of drug-likeness (QED) is 0.702. The number of halogens is 1. The molecule has 0 N–H and O–H groups in total. The molecular formula is C21H16FNO3. The number of hydrogen-bond donors (Lipinski definition) is 0. The van der Waals surface area contributed by atoms with Crippen LogP contribution in [0.1, 0.15) is 34.0 Å². The number of nitrogens with zero attached hydrogens (tertiary/aromatic N) is 1. The molecule has 0 fully saturated rings. The Morgan fingerprint density at radius 1 is 1.00 bits per heavy atom. The van der Waals surface area contributed by atoms with Crippen LogP contribution in [0.15, 0.2) is 67.0 Å². The van der Waals surface area contributed by atoms with Crippen LogP contribution in [0.25, 0.3) is 0 Å². The van der Waals surface area contributed by atoms with Gasteiger partial charge in [0.1, 0.15) is 23.4 Å². The van der Waals surface area contributed by atoms with Gasteiger partial charge in [0.25, 0.3) is 0 Å². The largest absolute Gasteiger partial charge is 0.492 e. The van der Waals surface area contributed by atoms with Gasteiger partial charge in [0, 0.05) is 24.9 Å². The Morgan fingerprint density at radius 2 is 1.73 bits per heavy atom. The Kier molecular flexibility index (Phi) is 4.35. The van der Waals surface area contributed by atoms with E-state index in [0.29, 0.717) is 30.1 Å². The molecule has 1 atom stereocenters. The highest BCUT2D eigenvalue weighted by Crippen LogP contribution is 2.33. The third-order valence-electron chi connectivity index (χ3n) is 4.28. The van der Waals surface area contributed by atoms with Gasteiger partial charge in [0.15, 0.2) is 5.78 Å². The van der Waals surface area contributed by atoms with Crippen LogP contribution >= 0.6 is 0 Å². The summed E-state index contributed by atoms with van der Waals surface area (Å²) in [6.07, 6.45) is 3.33. The average Bonchev–Trinajstić information content (AvgIpc) is 2.68. The number of fused-ring (bicyclic) bond motifs is 1. The van der Waals surface area contributed by atoms with E-state index in [0.717, 1.165) is 11.1 Å². The Morgan fingerprint density at radius 3 is 2.50 bits per heavy atom. The number of carbonyl (C=O) groups excluding carboxylic acids is 1. The highest BCUT2D eigenvalue weighted by atomic mass is 19.1. The van der Waals surface area contributed by atoms with Crippen molar-refractivity contribution in [3.05, 3.63) is 89.5 Å². The van der Waals surface area contributed by atoms with E-state index in [1.165, 1.54) is 12.1 Å². The van der Waals surface area contributed by atoms with Gasteiger partial charge < -0.3 is 9.47 Å². The Bertz CT molecular complexity index is 926. The van der Waals surface area contributed by atoms with Gasteiger partial charge in [-0.05, 0) is 47.5 Å². The van der Waals surface area contributed by atoms with Gasteiger partial charge in [-0.2, -0.15) is 0 Å². The number of rotatable bonds is 4. The maximum atomic E-state index is 13.3. The summed E-state index contributed by atoms with van der Waals surface area (Å²) in [5.74, 6) is 0.876. The summed E-state index contributed by atoms with van der Waals surface area (Å²) < 4.78 is 25.1. The van der Waals surface area contributed by atoms with Crippen LogP contribution < -0.4 is 9.47 Å². The first-order valence-electron chi connectivity index (χ1n) is 8.33. The molecule has 0 unspecified atom stereocenters. The molecule has 26 heavy (non-hydrogen) atoms. The summed E-state index contributed by atoms with van der Waals surface area (Å²) >= 11 is 0. The fourth-order valence-corrected chi connectivity index (χ4v) is 2.95. The molecule has 2 heterocycles. The summed E-state index contributed by atoms with van der Waals surface area (Å²) in [6, 6.07) is 15.1. The molecule has 0 saturated heterocycles. The fraction of sp³-hybridized carbons (Fsp3) is 0.143. The monoisotopic (exact) mass is 349 g/mol. The number of pyridine rings is 1. The zero-order valence-electron chi connectivity index (χ0n) is 13.9. The van der Waals surface area contributed by atoms with Crippen LogP contribution in [0.4, 0.5) is 4.39 Å². The van der Waals surface area contributed by atoms with Crippen molar-refractivity contribution in [3.8, 4) is 11.5 Å². The molecule has 1 aliphatic heterocycles. The van der Waals surface area contributed by atoms with Gasteiger partial charge in [0.05, 0.1) is 12.2 Å². The van der Waals surface area contributed by atoms with Crippen LogP contribution in [0, 0.1) is 5.82 Å². The van der Waals surface area contributed by atoms with Crippen molar-refractivity contribution < 1.29 is 18.7 Å². The maximum absolute atomic E-state index is 13.3. The van der Waals surface area contributed by atoms with E-state index < -0.39 is 6.10 Å². The highest BCUT2D eigenvalue weighted by molar-refractivity contribution is 5.99. The molecular weight excluding hydrogens is 333 g/mol. The van der Waals surface area contributed by atoms with E-state index in [1.54, 1.807) is 42.7 Å². The minimum Gasteiger partial charge on any atom is -0.492 e. The van der Waals surface area contributed by atoms with Crippen LogP contribution in [0.5, 0.6) is 11.5 Å². The van der Waals surface area contributed by atoms with Gasteiger partial charge in [-0.25, -0.2) is 4.39 Å². The molecule has 4 nitrogen and oxygen atoms in total. The zero-order valence-corrected chi connectivity index (χ0v) is 13.9. The Balaban J connectivity index is 1.69. The van der Waals surface area contributed by atoms with Gasteiger partial charge in [-0.3, -0.25) is 9.78 Å². The molecule has 1 aliphatic rings. The van der Waals surface area contributed by atoms with Crippen molar-refractivity contribution in [2.45, 2.75) is 12.5 Å². The van der Waals surface area contributed by atoms with Crippen LogP contribution in [0.2, 0.25) is 0 Å². The number of benzene rings is 2. The molecule has 0 amide bonds. The van der Waals surface area contributed by atoms with Gasteiger partial charge in [-0.15, -0.1) is 0 Å². The van der Waals surface area contributed by atoms with Gasteiger partial charge in [-0.1, -0.05) is 12.1 Å². The second-order valence-corrected chi connectivity index (χ2v) is 6.01. The molecule has 0 aliphatic carbocycles. The van der Waals surface area contributed by atoms with Crippen molar-refractivity contribution in [3.63, 3.8) is 0 Å². The lowest BCUT2D eigenvalue weighted by molar-refractivity contribution is 0.0933. The summed E-state index contributed by atoms with van der Waals surface area (Å²) in [5.41, 5.74) is 2.28. The summed E-state index contributed by atoms with van der Waals surface area (Å²) in [7, 11) is 0. The standard InChI is InChI=1S/C21H16FNO3/c22-16-3-1-14(2-4-16)21(15-7-10-23-11-8-15)26-17-5-6-18-19(24)9-12-25-20(18)13-17/h1-8,10-11,13,21H,9,12H2/t21-/m1/s1. The van der Waals surface area contributed by atoms with Gasteiger partial charge in [0.2, 0.25) is 0 Å². The van der Waals surface area contributed by atoms with E-state index in [4.69, 9.17) is 9.47 Å². The van der Waals surface area contributed by atoms with Crippen LogP contribution in [-0.2, 0) is 0 Å². The number of ether oxygens (including phenoxy) is 2. The summed E-state index contributed by atoms with van der Waals surface area (Å²) in [6.45, 7) is 0.376. The highest BCUT2D eigenvalue weighted by Gasteiger charge is 2.21. The van der Waals surface area contributed by atoms with E-state index >= 15 is 0 Å². The molecule has 2 aromatic carbocycles. The molecule has 0 saturated carbocycles. The minimum atomic E-state index is -0.434. The molecule has 130 valence electrons. The average molecular weight is 349 g/mol. The van der Waals surface area contributed by atoms with Crippen LogP contribution in [-0.4, -0.2) is 17.4 Å². The summed E-state index contributed by atoms with van der Waals surface area (Å²) in [4.78, 5) is 16.0. The first-order valence-corrected chi connectivity index (χ1v) is 8.33. The smallest absolute Gasteiger partial charge is 0.169 e. The van der Waals surface area contributed by atoms with Crippen molar-refractivity contribution in [2.24, 2.45) is 0 Å². The SMILES string of the molecule is O=C1CCOc2cc(O[C@@H](c3ccncc3)c3ccc(F)cc3)ccc21. The first kappa shape index (κ1) is 16.3. The van der Waals surface area contributed by atoms with Gasteiger partial charge >= 0.3 is 0 Å². The molecule has 1 aromatic heterocycles. The summed E-state index contributed by atoms with van der Waals surface area (Å²) in [5, 5.41) is 0. The lowest BCUT2D eigenvalue weighted by Gasteiger charge is -2.22. The lowest BCUT2D eigenvalue weighted by atomic mass is 10.0. The van der Waals surface area contributed by atoms with Crippen molar-refractivity contribution in [2.75, 3.05) is 6.61 Å². The van der Waals surface area contributed by atoms with E-state index in [2.05, 4.69) is 4.98 Å². The Labute approximate surface area is 150 Å². The second-order valence-electron chi connectivity index (χ2n) is 6.01. The molecule has 5 heteroatoms. The number of aromatic nitrogens is 1. The van der Waals surface area contributed by atoms with E-state index in [1.807, 2.05) is 12.1 Å². The molecule has 0 spiro atoms. The van der Waals surface area contributed by atoms with Crippen LogP contribution in [0.3, 0.4) is 0 Å². The number of Topliss-reactive ketones (excluding diaryl/α,β-unsaturated/α-hetero) is 1. The Hall–Kier alpha value is -3.21. The maximum Gasteiger partial charge on any atom is 0.169 e. The van der Waals surface area contributed by atoms with Crippen molar-refractivity contribution in [1.29, 1.82) is 0 Å². The number of ketones is 1.